The molecule has 1 aromatic heterocycles. The number of urea groups is 1. The lowest BCUT2D eigenvalue weighted by atomic mass is 10.1. The molecule has 1 saturated heterocycles. The summed E-state index contributed by atoms with van der Waals surface area (Å²) >= 11 is 0. The second-order valence-electron chi connectivity index (χ2n) is 4.76. The van der Waals surface area contributed by atoms with Crippen molar-refractivity contribution in [2.24, 2.45) is 0 Å². The molecule has 1 atom stereocenters. The fourth-order valence-corrected chi connectivity index (χ4v) is 2.22. The van der Waals surface area contributed by atoms with Gasteiger partial charge < -0.3 is 10.6 Å². The van der Waals surface area contributed by atoms with Gasteiger partial charge in [-0.1, -0.05) is 19.4 Å². The molecule has 0 bridgehead atoms. The largest absolute Gasteiger partial charge is 0.370 e. The number of imide groups is 1. The van der Waals surface area contributed by atoms with E-state index in [1.165, 1.54) is 4.90 Å². The Morgan fingerprint density at radius 2 is 2.15 bits per heavy atom. The van der Waals surface area contributed by atoms with Crippen LogP contribution in [0, 0.1) is 0 Å². The van der Waals surface area contributed by atoms with Gasteiger partial charge in [-0.05, 0) is 25.5 Å². The first-order chi connectivity index (χ1) is 9.65. The SMILES string of the molecule is CCCC1NC(=O)N(Cc2cccc(NCC)n2)C1=O. The molecule has 108 valence electrons. The molecule has 1 unspecified atom stereocenters. The standard InChI is InChI=1S/C14H20N4O2/c1-3-6-11-13(19)18(14(20)17-11)9-10-7-5-8-12(16-10)15-4-2/h5,7-8,11H,3-4,6,9H2,1-2H3,(H,15,16)(H,17,20). The Kier molecular flexibility index (Phi) is 4.55. The van der Waals surface area contributed by atoms with Gasteiger partial charge in [0.05, 0.1) is 12.2 Å². The molecule has 3 amide bonds. The summed E-state index contributed by atoms with van der Waals surface area (Å²) in [5.41, 5.74) is 0.698. The van der Waals surface area contributed by atoms with Crippen molar-refractivity contribution in [1.82, 2.24) is 15.2 Å². The quantitative estimate of drug-likeness (QED) is 0.776. The minimum atomic E-state index is -0.385. The van der Waals surface area contributed by atoms with Crippen molar-refractivity contribution in [1.29, 1.82) is 0 Å². The second-order valence-corrected chi connectivity index (χ2v) is 4.76. The monoisotopic (exact) mass is 276 g/mol. The summed E-state index contributed by atoms with van der Waals surface area (Å²) in [6, 6.07) is 4.82. The Morgan fingerprint density at radius 3 is 2.85 bits per heavy atom. The van der Waals surface area contributed by atoms with Crippen LogP contribution >= 0.6 is 0 Å². The van der Waals surface area contributed by atoms with Crippen molar-refractivity contribution in [2.45, 2.75) is 39.3 Å². The van der Waals surface area contributed by atoms with E-state index >= 15 is 0 Å². The number of nitrogens with one attached hydrogen (secondary N) is 2. The molecule has 0 radical (unpaired) electrons. The van der Waals surface area contributed by atoms with Gasteiger partial charge in [-0.15, -0.1) is 0 Å². The number of anilines is 1. The zero-order chi connectivity index (χ0) is 14.5. The highest BCUT2D eigenvalue weighted by Gasteiger charge is 2.37. The highest BCUT2D eigenvalue weighted by atomic mass is 16.2. The van der Waals surface area contributed by atoms with Gasteiger partial charge in [0.15, 0.2) is 0 Å². The molecule has 1 aliphatic heterocycles. The molecule has 6 nitrogen and oxygen atoms in total. The summed E-state index contributed by atoms with van der Waals surface area (Å²) in [5.74, 6) is 0.592. The van der Waals surface area contributed by atoms with Crippen molar-refractivity contribution >= 4 is 17.8 Å². The number of carbonyl (C=O) groups is 2. The van der Waals surface area contributed by atoms with Crippen LogP contribution in [0.25, 0.3) is 0 Å². The molecule has 0 aromatic carbocycles. The average molecular weight is 276 g/mol. The molecule has 0 aliphatic carbocycles. The minimum absolute atomic E-state index is 0.160. The molecule has 1 aliphatic rings. The van der Waals surface area contributed by atoms with Crippen molar-refractivity contribution in [2.75, 3.05) is 11.9 Å². The average Bonchev–Trinajstić information content (AvgIpc) is 2.68. The van der Waals surface area contributed by atoms with Crippen molar-refractivity contribution in [3.05, 3.63) is 23.9 Å². The van der Waals surface area contributed by atoms with Crippen LogP contribution in [0.4, 0.5) is 10.6 Å². The molecule has 1 fully saturated rings. The summed E-state index contributed by atoms with van der Waals surface area (Å²) in [5, 5.41) is 5.82. The van der Waals surface area contributed by atoms with Gasteiger partial charge in [-0.25, -0.2) is 9.78 Å². The number of carbonyl (C=O) groups excluding carboxylic acids is 2. The Labute approximate surface area is 118 Å². The Balaban J connectivity index is 2.07. The van der Waals surface area contributed by atoms with Gasteiger partial charge in [0.1, 0.15) is 11.9 Å². The fraction of sp³-hybridized carbons (Fsp3) is 0.500. The van der Waals surface area contributed by atoms with E-state index in [1.54, 1.807) is 0 Å². The molecule has 2 heterocycles. The maximum absolute atomic E-state index is 12.1. The van der Waals surface area contributed by atoms with Crippen LogP contribution in [0.1, 0.15) is 32.4 Å². The third-order valence-electron chi connectivity index (χ3n) is 3.17. The van der Waals surface area contributed by atoms with Gasteiger partial charge in [0.25, 0.3) is 5.91 Å². The van der Waals surface area contributed by atoms with E-state index in [0.29, 0.717) is 12.1 Å². The smallest absolute Gasteiger partial charge is 0.325 e. The zero-order valence-electron chi connectivity index (χ0n) is 11.8. The van der Waals surface area contributed by atoms with E-state index < -0.39 is 0 Å². The van der Waals surface area contributed by atoms with E-state index in [4.69, 9.17) is 0 Å². The third-order valence-corrected chi connectivity index (χ3v) is 3.17. The maximum Gasteiger partial charge on any atom is 0.325 e. The molecule has 6 heteroatoms. The topological polar surface area (TPSA) is 74.3 Å². The number of aromatic nitrogens is 1. The van der Waals surface area contributed by atoms with Crippen LogP contribution < -0.4 is 10.6 Å². The summed E-state index contributed by atoms with van der Waals surface area (Å²) in [7, 11) is 0. The first-order valence-electron chi connectivity index (χ1n) is 6.97. The van der Waals surface area contributed by atoms with Gasteiger partial charge >= 0.3 is 6.03 Å². The van der Waals surface area contributed by atoms with Crippen molar-refractivity contribution in [3.8, 4) is 0 Å². The second kappa shape index (κ2) is 6.36. The molecule has 2 rings (SSSR count). The summed E-state index contributed by atoms with van der Waals surface area (Å²) in [6.45, 7) is 4.97. The molecule has 0 saturated carbocycles. The zero-order valence-corrected chi connectivity index (χ0v) is 11.8. The molecular formula is C14H20N4O2. The lowest BCUT2D eigenvalue weighted by Crippen LogP contribution is -2.31. The highest BCUT2D eigenvalue weighted by Crippen LogP contribution is 2.15. The van der Waals surface area contributed by atoms with Gasteiger partial charge in [-0.2, -0.15) is 0 Å². The Hall–Kier alpha value is -2.11. The summed E-state index contributed by atoms with van der Waals surface area (Å²) in [6.07, 6.45) is 1.53. The predicted molar refractivity (Wildman–Crippen MR) is 76.2 cm³/mol. The predicted octanol–water partition coefficient (Wildman–Crippen LogP) is 1.73. The number of pyridine rings is 1. The molecule has 1 aromatic rings. The van der Waals surface area contributed by atoms with Crippen LogP contribution in [0.2, 0.25) is 0 Å². The highest BCUT2D eigenvalue weighted by molar-refractivity contribution is 6.04. The first-order valence-corrected chi connectivity index (χ1v) is 6.97. The lowest BCUT2D eigenvalue weighted by molar-refractivity contribution is -0.128. The number of hydrogen-bond donors (Lipinski definition) is 2. The van der Waals surface area contributed by atoms with E-state index in [9.17, 15) is 9.59 Å². The number of hydrogen-bond acceptors (Lipinski definition) is 4. The first kappa shape index (κ1) is 14.3. The third kappa shape index (κ3) is 3.07. The van der Waals surface area contributed by atoms with Gasteiger partial charge in [0.2, 0.25) is 0 Å². The van der Waals surface area contributed by atoms with E-state index in [1.807, 2.05) is 32.0 Å². The van der Waals surface area contributed by atoms with Crippen molar-refractivity contribution < 1.29 is 9.59 Å². The molecule has 0 spiro atoms. The summed E-state index contributed by atoms with van der Waals surface area (Å²) in [4.78, 5) is 29.6. The van der Waals surface area contributed by atoms with Crippen LogP contribution in [0.3, 0.4) is 0 Å². The molecule has 20 heavy (non-hydrogen) atoms. The van der Waals surface area contributed by atoms with Crippen molar-refractivity contribution in [3.63, 3.8) is 0 Å². The normalized spacial score (nSPS) is 18.3. The fourth-order valence-electron chi connectivity index (χ4n) is 2.22. The Morgan fingerprint density at radius 1 is 1.35 bits per heavy atom. The van der Waals surface area contributed by atoms with E-state index in [0.717, 1.165) is 18.8 Å². The van der Waals surface area contributed by atoms with E-state index in [2.05, 4.69) is 15.6 Å². The number of nitrogens with zero attached hydrogens (tertiary/aromatic N) is 2. The van der Waals surface area contributed by atoms with Crippen LogP contribution in [0.15, 0.2) is 18.2 Å². The van der Waals surface area contributed by atoms with Crippen LogP contribution in [-0.4, -0.2) is 34.4 Å². The van der Waals surface area contributed by atoms with Crippen LogP contribution in [0.5, 0.6) is 0 Å². The Bertz CT molecular complexity index is 504. The van der Waals surface area contributed by atoms with Gasteiger partial charge in [-0.3, -0.25) is 9.69 Å². The number of amides is 3. The van der Waals surface area contributed by atoms with Crippen LogP contribution in [-0.2, 0) is 11.3 Å². The lowest BCUT2D eigenvalue weighted by Gasteiger charge is -2.13. The summed E-state index contributed by atoms with van der Waals surface area (Å²) < 4.78 is 0. The molecular weight excluding hydrogens is 256 g/mol. The molecule has 2 N–H and O–H groups in total. The van der Waals surface area contributed by atoms with E-state index in [-0.39, 0.29) is 24.5 Å². The van der Waals surface area contributed by atoms with Gasteiger partial charge in [0, 0.05) is 6.54 Å². The minimum Gasteiger partial charge on any atom is -0.370 e. The number of rotatable bonds is 6. The maximum atomic E-state index is 12.1.